The summed E-state index contributed by atoms with van der Waals surface area (Å²) in [4.78, 5) is 29.4. The fourth-order valence-corrected chi connectivity index (χ4v) is 5.30. The highest BCUT2D eigenvalue weighted by molar-refractivity contribution is 6.01. The van der Waals surface area contributed by atoms with Crippen LogP contribution in [0.5, 0.6) is 0 Å². The third kappa shape index (κ3) is 5.67. The van der Waals surface area contributed by atoms with Gasteiger partial charge in [0.05, 0.1) is 28.7 Å². The number of nitrogens with zero attached hydrogens (tertiary/aromatic N) is 3. The van der Waals surface area contributed by atoms with Crippen LogP contribution >= 0.6 is 0 Å². The van der Waals surface area contributed by atoms with Gasteiger partial charge in [0.1, 0.15) is 0 Å². The van der Waals surface area contributed by atoms with Gasteiger partial charge in [-0.05, 0) is 42.2 Å². The van der Waals surface area contributed by atoms with Crippen LogP contribution in [0.4, 0.5) is 10.5 Å². The maximum atomic E-state index is 14.3. The lowest BCUT2D eigenvalue weighted by atomic mass is 10.00. The lowest BCUT2D eigenvalue weighted by Crippen LogP contribution is -2.57. The first-order valence-corrected chi connectivity index (χ1v) is 13.5. The summed E-state index contributed by atoms with van der Waals surface area (Å²) in [5.41, 5.74) is 5.42. The summed E-state index contributed by atoms with van der Waals surface area (Å²) in [7, 11) is 0. The van der Waals surface area contributed by atoms with Crippen LogP contribution in [0.1, 0.15) is 29.3 Å². The van der Waals surface area contributed by atoms with Crippen molar-refractivity contribution in [3.05, 3.63) is 108 Å². The smallest absolute Gasteiger partial charge is 0.407 e. The van der Waals surface area contributed by atoms with Gasteiger partial charge in [-0.15, -0.1) is 0 Å². The third-order valence-electron chi connectivity index (χ3n) is 7.22. The lowest BCUT2D eigenvalue weighted by molar-refractivity contribution is 0.0451. The highest BCUT2D eigenvalue weighted by atomic mass is 16.4. The molecule has 0 bridgehead atoms. The first-order chi connectivity index (χ1) is 19.1. The second kappa shape index (κ2) is 11.9. The first-order valence-electron chi connectivity index (χ1n) is 13.5. The summed E-state index contributed by atoms with van der Waals surface area (Å²) >= 11 is 0. The van der Waals surface area contributed by atoms with Crippen LogP contribution in [0, 0.1) is 0 Å². The number of nitrogens with one attached hydrogen (secondary N) is 1. The number of piperazine rings is 1. The number of aromatic nitrogens is 1. The van der Waals surface area contributed by atoms with Crippen molar-refractivity contribution in [1.82, 2.24) is 14.4 Å². The number of carbonyl (C=O) groups is 2. The second-order valence-corrected chi connectivity index (χ2v) is 9.83. The third-order valence-corrected chi connectivity index (χ3v) is 7.22. The largest absolute Gasteiger partial charge is 0.465 e. The molecule has 2 amide bonds. The summed E-state index contributed by atoms with van der Waals surface area (Å²) in [5, 5.41) is 13.2. The number of hydrogen-bond acceptors (Lipinski definition) is 3. The Morgan fingerprint density at radius 2 is 1.59 bits per heavy atom. The number of carboxylic acid groups (broad SMARTS) is 1. The van der Waals surface area contributed by atoms with E-state index in [1.165, 1.54) is 4.90 Å². The average molecular weight is 523 g/mol. The van der Waals surface area contributed by atoms with Crippen molar-refractivity contribution in [3.8, 4) is 16.9 Å². The van der Waals surface area contributed by atoms with Gasteiger partial charge in [-0.3, -0.25) is 4.79 Å². The molecule has 3 aromatic carbocycles. The van der Waals surface area contributed by atoms with Crippen LogP contribution in [0.15, 0.2) is 97.2 Å². The minimum absolute atomic E-state index is 0.0856. The van der Waals surface area contributed by atoms with E-state index in [2.05, 4.69) is 28.9 Å². The molecule has 39 heavy (non-hydrogen) atoms. The zero-order valence-electron chi connectivity index (χ0n) is 22.2. The summed E-state index contributed by atoms with van der Waals surface area (Å²) in [5.74, 6) is -0.0856. The molecule has 0 aliphatic carbocycles. The normalized spacial score (nSPS) is 15.3. The summed E-state index contributed by atoms with van der Waals surface area (Å²) < 4.78 is 2.08. The number of hydrogen-bond donors (Lipinski definition) is 2. The van der Waals surface area contributed by atoms with Crippen molar-refractivity contribution in [2.45, 2.75) is 25.8 Å². The fourth-order valence-electron chi connectivity index (χ4n) is 5.30. The molecule has 0 spiro atoms. The van der Waals surface area contributed by atoms with E-state index in [1.54, 1.807) is 0 Å². The monoisotopic (exact) mass is 522 g/mol. The molecule has 2 N–H and O–H groups in total. The fraction of sp³-hybridized carbons (Fsp3) is 0.250. The summed E-state index contributed by atoms with van der Waals surface area (Å²) in [6.45, 7) is 3.89. The number of benzene rings is 3. The maximum absolute atomic E-state index is 14.3. The van der Waals surface area contributed by atoms with Crippen LogP contribution in [0.3, 0.4) is 0 Å². The number of rotatable bonds is 8. The molecule has 7 heteroatoms. The van der Waals surface area contributed by atoms with Gasteiger partial charge in [0.15, 0.2) is 0 Å². The second-order valence-electron chi connectivity index (χ2n) is 9.83. The van der Waals surface area contributed by atoms with Crippen LogP contribution in [-0.2, 0) is 6.42 Å². The molecule has 1 unspecified atom stereocenters. The predicted molar refractivity (Wildman–Crippen MR) is 155 cm³/mol. The lowest BCUT2D eigenvalue weighted by Gasteiger charge is -2.40. The van der Waals surface area contributed by atoms with E-state index < -0.39 is 6.09 Å². The summed E-state index contributed by atoms with van der Waals surface area (Å²) in [6.07, 6.45) is 2.59. The first kappa shape index (κ1) is 26.1. The van der Waals surface area contributed by atoms with Crippen molar-refractivity contribution in [2.24, 2.45) is 0 Å². The van der Waals surface area contributed by atoms with Gasteiger partial charge < -0.3 is 24.8 Å². The molecular formula is C32H34N4O3. The van der Waals surface area contributed by atoms with Gasteiger partial charge in [-0.25, -0.2) is 4.79 Å². The molecule has 0 radical (unpaired) electrons. The van der Waals surface area contributed by atoms with Crippen molar-refractivity contribution in [1.29, 1.82) is 0 Å². The van der Waals surface area contributed by atoms with Crippen LogP contribution in [0.25, 0.3) is 16.9 Å². The van der Waals surface area contributed by atoms with Crippen molar-refractivity contribution >= 4 is 17.7 Å². The minimum Gasteiger partial charge on any atom is -0.465 e. The molecule has 1 aromatic heterocycles. The molecule has 1 saturated heterocycles. The van der Waals surface area contributed by atoms with Gasteiger partial charge in [0.2, 0.25) is 0 Å². The van der Waals surface area contributed by atoms with E-state index in [0.29, 0.717) is 18.5 Å². The van der Waals surface area contributed by atoms with Crippen LogP contribution < -0.4 is 5.32 Å². The Kier molecular flexibility index (Phi) is 7.96. The molecule has 4 aromatic rings. The van der Waals surface area contributed by atoms with Gasteiger partial charge >= 0.3 is 6.09 Å². The Bertz CT molecular complexity index is 1420. The standard InChI is InChI=1S/C32H34N4O3/c1-2-18-33-28-15-9-10-16-29(28)36-19-17-27(30(36)25-13-7-4-8-14-25)31(37)35-21-20-34(32(38)39)23-26(35)22-24-11-5-3-6-12-24/h3-17,19,26,33H,2,18,20-23H2,1H3,(H,38,39). The zero-order chi connectivity index (χ0) is 27.2. The Morgan fingerprint density at radius 1 is 0.897 bits per heavy atom. The molecule has 2 heterocycles. The maximum Gasteiger partial charge on any atom is 0.407 e. The van der Waals surface area contributed by atoms with Crippen molar-refractivity contribution < 1.29 is 14.7 Å². The van der Waals surface area contributed by atoms with E-state index in [4.69, 9.17) is 0 Å². The molecular weight excluding hydrogens is 488 g/mol. The van der Waals surface area contributed by atoms with E-state index in [-0.39, 0.29) is 25.0 Å². The average Bonchev–Trinajstić information content (AvgIpc) is 3.42. The Labute approximate surface area is 229 Å². The molecule has 1 aliphatic heterocycles. The minimum atomic E-state index is -0.951. The number of amides is 2. The molecule has 1 fully saturated rings. The van der Waals surface area contributed by atoms with E-state index in [0.717, 1.165) is 41.2 Å². The van der Waals surface area contributed by atoms with Crippen LogP contribution in [0.2, 0.25) is 0 Å². The number of carbonyl (C=O) groups excluding carboxylic acids is 1. The van der Waals surface area contributed by atoms with Gasteiger partial charge in [0.25, 0.3) is 5.91 Å². The van der Waals surface area contributed by atoms with Crippen molar-refractivity contribution in [3.63, 3.8) is 0 Å². The molecule has 7 nitrogen and oxygen atoms in total. The Balaban J connectivity index is 1.56. The van der Waals surface area contributed by atoms with Gasteiger partial charge in [-0.2, -0.15) is 0 Å². The zero-order valence-corrected chi connectivity index (χ0v) is 22.2. The van der Waals surface area contributed by atoms with E-state index >= 15 is 0 Å². The van der Waals surface area contributed by atoms with Crippen molar-refractivity contribution in [2.75, 3.05) is 31.5 Å². The van der Waals surface area contributed by atoms with Gasteiger partial charge in [-0.1, -0.05) is 79.7 Å². The molecule has 200 valence electrons. The number of para-hydroxylation sites is 2. The Hall–Kier alpha value is -4.52. The topological polar surface area (TPSA) is 77.8 Å². The number of anilines is 1. The molecule has 1 aliphatic rings. The SMILES string of the molecule is CCCNc1ccccc1-n1ccc(C(=O)N2CCN(C(=O)O)CC2Cc2ccccc2)c1-c1ccccc1. The summed E-state index contributed by atoms with van der Waals surface area (Å²) in [6, 6.07) is 29.7. The molecule has 5 rings (SSSR count). The van der Waals surface area contributed by atoms with E-state index in [9.17, 15) is 14.7 Å². The highest BCUT2D eigenvalue weighted by Crippen LogP contribution is 2.33. The quantitative estimate of drug-likeness (QED) is 0.297. The van der Waals surface area contributed by atoms with Gasteiger partial charge in [0, 0.05) is 32.4 Å². The molecule has 0 saturated carbocycles. The highest BCUT2D eigenvalue weighted by Gasteiger charge is 2.34. The Morgan fingerprint density at radius 3 is 2.31 bits per heavy atom. The predicted octanol–water partition coefficient (Wildman–Crippen LogP) is 6.01. The van der Waals surface area contributed by atoms with Crippen LogP contribution in [-0.4, -0.2) is 63.7 Å². The molecule has 1 atom stereocenters. The van der Waals surface area contributed by atoms with E-state index in [1.807, 2.05) is 90.0 Å².